The smallest absolute Gasteiger partial charge is 0.475 e. The number of rotatable bonds is 4. The van der Waals surface area contributed by atoms with Gasteiger partial charge in [0, 0.05) is 11.3 Å². The molecule has 0 aromatic heterocycles. The molecule has 4 rings (SSSR count). The molecular weight excluding hydrogens is 514 g/mol. The molecular formula is C27H24F6N2O3. The first-order chi connectivity index (χ1) is 17.9. The number of carboxylic acids is 1. The van der Waals surface area contributed by atoms with E-state index in [1.807, 2.05) is 24.3 Å². The van der Waals surface area contributed by atoms with Gasteiger partial charge in [-0.15, -0.1) is 0 Å². The second-order valence-electron chi connectivity index (χ2n) is 8.52. The third kappa shape index (κ3) is 7.82. The van der Waals surface area contributed by atoms with Crippen molar-refractivity contribution in [3.63, 3.8) is 0 Å². The van der Waals surface area contributed by atoms with Crippen molar-refractivity contribution in [2.24, 2.45) is 0 Å². The van der Waals surface area contributed by atoms with E-state index in [-0.39, 0.29) is 5.91 Å². The lowest BCUT2D eigenvalue weighted by atomic mass is 9.90. The van der Waals surface area contributed by atoms with E-state index < -0.39 is 23.9 Å². The molecule has 1 aliphatic heterocycles. The first kappa shape index (κ1) is 28.7. The Hall–Kier alpha value is -3.86. The van der Waals surface area contributed by atoms with E-state index in [4.69, 9.17) is 9.90 Å². The molecule has 202 valence electrons. The van der Waals surface area contributed by atoms with Crippen LogP contribution in [0.15, 0.2) is 72.8 Å². The van der Waals surface area contributed by atoms with Crippen LogP contribution < -0.4 is 10.6 Å². The Kier molecular flexibility index (Phi) is 9.16. The molecule has 0 spiro atoms. The van der Waals surface area contributed by atoms with Crippen LogP contribution in [0.5, 0.6) is 0 Å². The van der Waals surface area contributed by atoms with Crippen LogP contribution in [0, 0.1) is 0 Å². The van der Waals surface area contributed by atoms with Crippen LogP contribution in [0.3, 0.4) is 0 Å². The molecule has 0 unspecified atom stereocenters. The normalized spacial score (nSPS) is 14.3. The zero-order valence-corrected chi connectivity index (χ0v) is 19.9. The predicted molar refractivity (Wildman–Crippen MR) is 130 cm³/mol. The molecule has 11 heteroatoms. The molecule has 1 saturated heterocycles. The number of carbonyl (C=O) groups is 2. The number of hydrogen-bond acceptors (Lipinski definition) is 3. The Labute approximate surface area is 214 Å². The van der Waals surface area contributed by atoms with Crippen LogP contribution in [0.25, 0.3) is 11.1 Å². The second-order valence-corrected chi connectivity index (χ2v) is 8.52. The first-order valence-electron chi connectivity index (χ1n) is 11.5. The van der Waals surface area contributed by atoms with E-state index >= 15 is 0 Å². The largest absolute Gasteiger partial charge is 0.490 e. The monoisotopic (exact) mass is 538 g/mol. The maximum Gasteiger partial charge on any atom is 0.490 e. The summed E-state index contributed by atoms with van der Waals surface area (Å²) in [4.78, 5) is 21.8. The van der Waals surface area contributed by atoms with Crippen molar-refractivity contribution in [1.29, 1.82) is 0 Å². The van der Waals surface area contributed by atoms with Crippen LogP contribution in [0.1, 0.15) is 40.2 Å². The standard InChI is InChI=1S/C25H23F3N2O.C2HF3O2/c26-25(27,28)20-9-5-19(6-10-20)22-3-1-2-4-23(22)24(31)30-21-11-7-17(8-12-21)18-13-15-29-16-14-18;3-2(4,5)1(6)7/h1-12,18,29H,13-16H2,(H,30,31);(H,6,7). The van der Waals surface area contributed by atoms with Gasteiger partial charge in [0.1, 0.15) is 0 Å². The van der Waals surface area contributed by atoms with Gasteiger partial charge in [-0.25, -0.2) is 4.79 Å². The molecule has 1 amide bonds. The van der Waals surface area contributed by atoms with Crippen LogP contribution >= 0.6 is 0 Å². The number of halogens is 6. The minimum absolute atomic E-state index is 0.301. The highest BCUT2D eigenvalue weighted by atomic mass is 19.4. The van der Waals surface area contributed by atoms with Gasteiger partial charge >= 0.3 is 18.3 Å². The number of nitrogens with one attached hydrogen (secondary N) is 2. The van der Waals surface area contributed by atoms with Gasteiger partial charge in [0.15, 0.2) is 0 Å². The second kappa shape index (κ2) is 12.1. The Balaban J connectivity index is 0.000000505. The summed E-state index contributed by atoms with van der Waals surface area (Å²) in [6.45, 7) is 2.04. The van der Waals surface area contributed by atoms with Crippen molar-refractivity contribution in [2.45, 2.75) is 31.1 Å². The lowest BCUT2D eigenvalue weighted by Gasteiger charge is -2.23. The van der Waals surface area contributed by atoms with Crippen molar-refractivity contribution in [3.05, 3.63) is 89.5 Å². The molecule has 38 heavy (non-hydrogen) atoms. The number of piperidine rings is 1. The minimum atomic E-state index is -5.08. The van der Waals surface area contributed by atoms with E-state index in [2.05, 4.69) is 10.6 Å². The van der Waals surface area contributed by atoms with Gasteiger partial charge < -0.3 is 15.7 Å². The SMILES string of the molecule is O=C(Nc1ccc(C2CCNCC2)cc1)c1ccccc1-c1ccc(C(F)(F)F)cc1.O=C(O)C(F)(F)F. The van der Waals surface area contributed by atoms with E-state index in [0.29, 0.717) is 28.3 Å². The summed E-state index contributed by atoms with van der Waals surface area (Å²) < 4.78 is 70.3. The van der Waals surface area contributed by atoms with Crippen molar-refractivity contribution < 1.29 is 41.0 Å². The van der Waals surface area contributed by atoms with Crippen molar-refractivity contribution in [1.82, 2.24) is 5.32 Å². The van der Waals surface area contributed by atoms with E-state index in [1.165, 1.54) is 17.7 Å². The number of alkyl halides is 6. The van der Waals surface area contributed by atoms with Crippen molar-refractivity contribution in [2.75, 3.05) is 18.4 Å². The third-order valence-corrected chi connectivity index (χ3v) is 5.92. The average molecular weight is 538 g/mol. The maximum atomic E-state index is 12.9. The molecule has 0 aliphatic carbocycles. The van der Waals surface area contributed by atoms with Gasteiger partial charge in [0.2, 0.25) is 0 Å². The minimum Gasteiger partial charge on any atom is -0.475 e. The molecule has 5 nitrogen and oxygen atoms in total. The number of benzene rings is 3. The summed E-state index contributed by atoms with van der Waals surface area (Å²) in [6.07, 6.45) is -7.27. The molecule has 1 aliphatic rings. The molecule has 3 aromatic carbocycles. The predicted octanol–water partition coefficient (Wildman–Crippen LogP) is 6.73. The zero-order valence-electron chi connectivity index (χ0n) is 19.9. The average Bonchev–Trinajstić information content (AvgIpc) is 2.89. The summed E-state index contributed by atoms with van der Waals surface area (Å²) in [5, 5.41) is 13.4. The van der Waals surface area contributed by atoms with Crippen LogP contribution in [-0.4, -0.2) is 36.2 Å². The number of carbonyl (C=O) groups excluding carboxylic acids is 1. The molecule has 1 heterocycles. The molecule has 0 atom stereocenters. The number of aliphatic carboxylic acids is 1. The Morgan fingerprint density at radius 2 is 1.37 bits per heavy atom. The lowest BCUT2D eigenvalue weighted by molar-refractivity contribution is -0.192. The molecule has 0 saturated carbocycles. The molecule has 3 aromatic rings. The fourth-order valence-electron chi connectivity index (χ4n) is 3.96. The lowest BCUT2D eigenvalue weighted by Crippen LogP contribution is -2.26. The molecule has 0 bridgehead atoms. The van der Waals surface area contributed by atoms with E-state index in [0.717, 1.165) is 38.1 Å². The quantitative estimate of drug-likeness (QED) is 0.322. The van der Waals surface area contributed by atoms with Crippen molar-refractivity contribution in [3.8, 4) is 11.1 Å². The summed E-state index contributed by atoms with van der Waals surface area (Å²) in [5.41, 5.74) is 2.78. The molecule has 1 fully saturated rings. The van der Waals surface area contributed by atoms with Gasteiger partial charge in [0.05, 0.1) is 5.56 Å². The summed E-state index contributed by atoms with van der Waals surface area (Å²) in [6, 6.07) is 19.6. The van der Waals surface area contributed by atoms with Crippen LogP contribution in [-0.2, 0) is 11.0 Å². The highest BCUT2D eigenvalue weighted by Gasteiger charge is 2.38. The fourth-order valence-corrected chi connectivity index (χ4v) is 3.96. The van der Waals surface area contributed by atoms with Crippen molar-refractivity contribution >= 4 is 17.6 Å². The number of amides is 1. The number of hydrogen-bond donors (Lipinski definition) is 3. The molecule has 0 radical (unpaired) electrons. The Bertz CT molecular complexity index is 1230. The summed E-state index contributed by atoms with van der Waals surface area (Å²) in [5.74, 6) is -2.52. The van der Waals surface area contributed by atoms with Gasteiger partial charge in [-0.2, -0.15) is 26.3 Å². The fraction of sp³-hybridized carbons (Fsp3) is 0.259. The highest BCUT2D eigenvalue weighted by Crippen LogP contribution is 2.32. The van der Waals surface area contributed by atoms with Gasteiger partial charge in [-0.3, -0.25) is 4.79 Å². The first-order valence-corrected chi connectivity index (χ1v) is 11.5. The number of carboxylic acid groups (broad SMARTS) is 1. The Morgan fingerprint density at radius 3 is 1.89 bits per heavy atom. The maximum absolute atomic E-state index is 12.9. The van der Waals surface area contributed by atoms with E-state index in [1.54, 1.807) is 24.3 Å². The summed E-state index contributed by atoms with van der Waals surface area (Å²) >= 11 is 0. The summed E-state index contributed by atoms with van der Waals surface area (Å²) in [7, 11) is 0. The van der Waals surface area contributed by atoms with Gasteiger partial charge in [0.25, 0.3) is 5.91 Å². The van der Waals surface area contributed by atoms with Crippen LogP contribution in [0.2, 0.25) is 0 Å². The van der Waals surface area contributed by atoms with Gasteiger partial charge in [-0.1, -0.05) is 42.5 Å². The Morgan fingerprint density at radius 1 is 0.816 bits per heavy atom. The zero-order chi connectivity index (χ0) is 27.9. The van der Waals surface area contributed by atoms with E-state index in [9.17, 15) is 31.1 Å². The number of anilines is 1. The van der Waals surface area contributed by atoms with Crippen LogP contribution in [0.4, 0.5) is 32.0 Å². The highest BCUT2D eigenvalue weighted by molar-refractivity contribution is 6.08. The third-order valence-electron chi connectivity index (χ3n) is 5.92. The molecule has 3 N–H and O–H groups in total. The topological polar surface area (TPSA) is 78.4 Å². The van der Waals surface area contributed by atoms with Gasteiger partial charge in [-0.05, 0) is 78.9 Å².